The molecule has 1 N–H and O–H groups in total. The van der Waals surface area contributed by atoms with Crippen molar-refractivity contribution in [1.29, 1.82) is 5.26 Å². The fourth-order valence-electron chi connectivity index (χ4n) is 3.67. The molecule has 124 valence electrons. The average molecular weight is 336 g/mol. The first kappa shape index (κ1) is 14.7. The number of fused-ring (bicyclic) bond motifs is 2. The van der Waals surface area contributed by atoms with Crippen molar-refractivity contribution in [2.75, 3.05) is 11.9 Å². The van der Waals surface area contributed by atoms with Gasteiger partial charge in [0.1, 0.15) is 11.9 Å². The lowest BCUT2D eigenvalue weighted by molar-refractivity contribution is 0.879. The van der Waals surface area contributed by atoms with Crippen LogP contribution in [0.3, 0.4) is 0 Å². The number of hydrogen-bond donors (Lipinski definition) is 1. The van der Waals surface area contributed by atoms with Crippen LogP contribution < -0.4 is 5.32 Å². The van der Waals surface area contributed by atoms with Gasteiger partial charge in [-0.15, -0.1) is 0 Å². The van der Waals surface area contributed by atoms with Crippen molar-refractivity contribution in [3.8, 4) is 23.0 Å². The predicted octanol–water partition coefficient (Wildman–Crippen LogP) is 4.53. The molecule has 0 unspecified atom stereocenters. The van der Waals surface area contributed by atoms with E-state index in [4.69, 9.17) is 5.10 Å². The maximum absolute atomic E-state index is 9.46. The molecule has 0 saturated heterocycles. The number of nitrogens with zero attached hydrogens (tertiary/aromatic N) is 3. The normalized spacial score (nSPS) is 12.6. The summed E-state index contributed by atoms with van der Waals surface area (Å²) in [6.07, 6.45) is 0.937. The molecule has 4 aromatic rings. The Bertz CT molecular complexity index is 1180. The topological polar surface area (TPSA) is 53.6 Å². The van der Waals surface area contributed by atoms with Gasteiger partial charge in [-0.2, -0.15) is 10.4 Å². The van der Waals surface area contributed by atoms with Crippen LogP contribution in [0.4, 0.5) is 5.82 Å². The van der Waals surface area contributed by atoms with Crippen LogP contribution in [-0.2, 0) is 6.42 Å². The summed E-state index contributed by atoms with van der Waals surface area (Å²) in [5, 5.41) is 20.2. The van der Waals surface area contributed by atoms with Crippen LogP contribution in [0.2, 0.25) is 0 Å². The maximum atomic E-state index is 9.46. The van der Waals surface area contributed by atoms with Crippen LogP contribution in [0.5, 0.6) is 0 Å². The van der Waals surface area contributed by atoms with Crippen LogP contribution in [0.25, 0.3) is 27.7 Å². The van der Waals surface area contributed by atoms with E-state index >= 15 is 0 Å². The Morgan fingerprint density at radius 1 is 0.962 bits per heavy atom. The Morgan fingerprint density at radius 2 is 1.77 bits per heavy atom. The Hall–Kier alpha value is -3.58. The largest absolute Gasteiger partial charge is 0.369 e. The summed E-state index contributed by atoms with van der Waals surface area (Å²) in [5.74, 6) is 0.996. The van der Waals surface area contributed by atoms with Crippen molar-refractivity contribution < 1.29 is 0 Å². The SMILES string of the molecule is N#Cc1ccccc1-n1nc(-c2ccc3ccccc3c2)c2c1NCC2. The highest BCUT2D eigenvalue weighted by Gasteiger charge is 2.24. The fraction of sp³-hybridized carbons (Fsp3) is 0.0909. The molecule has 0 bridgehead atoms. The Kier molecular flexibility index (Phi) is 3.26. The van der Waals surface area contributed by atoms with Crippen molar-refractivity contribution >= 4 is 16.6 Å². The van der Waals surface area contributed by atoms with Crippen molar-refractivity contribution in [2.24, 2.45) is 0 Å². The standard InChI is InChI=1S/C22H16N4/c23-14-18-7-3-4-8-20(18)26-22-19(11-12-24-22)21(25-26)17-10-9-15-5-1-2-6-16(15)13-17/h1-10,13,24H,11-12H2. The zero-order chi connectivity index (χ0) is 17.5. The fourth-order valence-corrected chi connectivity index (χ4v) is 3.67. The van der Waals surface area contributed by atoms with Crippen LogP contribution in [0.1, 0.15) is 11.1 Å². The minimum Gasteiger partial charge on any atom is -0.369 e. The summed E-state index contributed by atoms with van der Waals surface area (Å²) in [6.45, 7) is 0.891. The highest BCUT2D eigenvalue weighted by atomic mass is 15.3. The van der Waals surface area contributed by atoms with Crippen molar-refractivity contribution in [3.63, 3.8) is 0 Å². The van der Waals surface area contributed by atoms with Crippen molar-refractivity contribution in [3.05, 3.63) is 77.9 Å². The minimum atomic E-state index is 0.622. The number of rotatable bonds is 2. The molecule has 0 amide bonds. The van der Waals surface area contributed by atoms with E-state index in [1.54, 1.807) is 0 Å². The van der Waals surface area contributed by atoms with Crippen molar-refractivity contribution in [1.82, 2.24) is 9.78 Å². The van der Waals surface area contributed by atoms with Crippen LogP contribution in [0.15, 0.2) is 66.7 Å². The molecule has 5 rings (SSSR count). The predicted molar refractivity (Wildman–Crippen MR) is 103 cm³/mol. The number of benzene rings is 3. The molecule has 3 aromatic carbocycles. The van der Waals surface area contributed by atoms with Gasteiger partial charge in [0.25, 0.3) is 0 Å². The average Bonchev–Trinajstić information content (AvgIpc) is 3.30. The number of aromatic nitrogens is 2. The van der Waals surface area contributed by atoms with E-state index in [9.17, 15) is 5.26 Å². The smallest absolute Gasteiger partial charge is 0.133 e. The van der Waals surface area contributed by atoms with Gasteiger partial charge < -0.3 is 5.32 Å². The molecule has 0 spiro atoms. The summed E-state index contributed by atoms with van der Waals surface area (Å²) in [4.78, 5) is 0. The summed E-state index contributed by atoms with van der Waals surface area (Å²) in [7, 11) is 0. The van der Waals surface area contributed by atoms with E-state index < -0.39 is 0 Å². The van der Waals surface area contributed by atoms with E-state index in [0.29, 0.717) is 5.56 Å². The molecule has 1 aliphatic heterocycles. The van der Waals surface area contributed by atoms with Gasteiger partial charge in [-0.1, -0.05) is 48.5 Å². The first-order valence-corrected chi connectivity index (χ1v) is 8.69. The lowest BCUT2D eigenvalue weighted by Crippen LogP contribution is -2.05. The molecule has 26 heavy (non-hydrogen) atoms. The van der Waals surface area contributed by atoms with Gasteiger partial charge in [-0.05, 0) is 35.4 Å². The van der Waals surface area contributed by atoms with Gasteiger partial charge in [0, 0.05) is 17.7 Å². The van der Waals surface area contributed by atoms with Gasteiger partial charge in [-0.3, -0.25) is 0 Å². The second kappa shape index (κ2) is 5.75. The zero-order valence-electron chi connectivity index (χ0n) is 14.1. The first-order valence-electron chi connectivity index (χ1n) is 8.69. The molecule has 4 nitrogen and oxygen atoms in total. The number of anilines is 1. The number of nitriles is 1. The van der Waals surface area contributed by atoms with E-state index in [2.05, 4.69) is 53.9 Å². The monoisotopic (exact) mass is 336 g/mol. The van der Waals surface area contributed by atoms with Gasteiger partial charge in [0.2, 0.25) is 0 Å². The molecule has 1 aromatic heterocycles. The van der Waals surface area contributed by atoms with Crippen LogP contribution in [-0.4, -0.2) is 16.3 Å². The summed E-state index contributed by atoms with van der Waals surface area (Å²) < 4.78 is 1.88. The van der Waals surface area contributed by atoms with E-state index in [1.807, 2.05) is 28.9 Å². The highest BCUT2D eigenvalue weighted by molar-refractivity contribution is 5.88. The summed E-state index contributed by atoms with van der Waals surface area (Å²) in [6, 6.07) is 24.7. The van der Waals surface area contributed by atoms with Gasteiger partial charge in [-0.25, -0.2) is 4.68 Å². The molecule has 2 heterocycles. The molecule has 0 aliphatic carbocycles. The molecule has 0 fully saturated rings. The maximum Gasteiger partial charge on any atom is 0.133 e. The van der Waals surface area contributed by atoms with Gasteiger partial charge in [0.15, 0.2) is 0 Å². The molecular weight excluding hydrogens is 320 g/mol. The first-order chi connectivity index (χ1) is 12.8. The molecule has 0 atom stereocenters. The van der Waals surface area contributed by atoms with E-state index in [-0.39, 0.29) is 0 Å². The number of hydrogen-bond acceptors (Lipinski definition) is 3. The molecule has 1 aliphatic rings. The third-order valence-corrected chi connectivity index (χ3v) is 4.93. The molecule has 0 radical (unpaired) electrons. The lowest BCUT2D eigenvalue weighted by Gasteiger charge is -2.08. The summed E-state index contributed by atoms with van der Waals surface area (Å²) >= 11 is 0. The molecule has 4 heteroatoms. The van der Waals surface area contributed by atoms with Crippen LogP contribution in [0, 0.1) is 11.3 Å². The number of nitrogens with one attached hydrogen (secondary N) is 1. The third kappa shape index (κ3) is 2.18. The summed E-state index contributed by atoms with van der Waals surface area (Å²) in [5.41, 5.74) is 4.75. The zero-order valence-corrected chi connectivity index (χ0v) is 14.1. The van der Waals surface area contributed by atoms with Gasteiger partial charge >= 0.3 is 0 Å². The quantitative estimate of drug-likeness (QED) is 0.585. The Morgan fingerprint density at radius 3 is 2.65 bits per heavy atom. The lowest BCUT2D eigenvalue weighted by atomic mass is 10.0. The van der Waals surface area contributed by atoms with E-state index in [1.165, 1.54) is 16.3 Å². The Balaban J connectivity index is 1.72. The Labute approximate surface area is 151 Å². The van der Waals surface area contributed by atoms with Gasteiger partial charge in [0.05, 0.1) is 16.9 Å². The molecule has 0 saturated carbocycles. The second-order valence-corrected chi connectivity index (χ2v) is 6.46. The van der Waals surface area contributed by atoms with E-state index in [0.717, 1.165) is 35.7 Å². The van der Waals surface area contributed by atoms with Crippen molar-refractivity contribution in [2.45, 2.75) is 6.42 Å². The second-order valence-electron chi connectivity index (χ2n) is 6.46. The van der Waals surface area contributed by atoms with Crippen LogP contribution >= 0.6 is 0 Å². The molecular formula is C22H16N4. The highest BCUT2D eigenvalue weighted by Crippen LogP contribution is 2.36. The number of para-hydroxylation sites is 1. The third-order valence-electron chi connectivity index (χ3n) is 4.93. The minimum absolute atomic E-state index is 0.622.